The van der Waals surface area contributed by atoms with Crippen molar-refractivity contribution in [2.75, 3.05) is 19.6 Å². The van der Waals surface area contributed by atoms with E-state index in [1.807, 2.05) is 0 Å². The second kappa shape index (κ2) is 2.45. The summed E-state index contributed by atoms with van der Waals surface area (Å²) in [5, 5.41) is 3.10. The minimum absolute atomic E-state index is 0.113. The lowest BCUT2D eigenvalue weighted by molar-refractivity contribution is -0.110. The quantitative estimate of drug-likeness (QED) is 0.485. The second-order valence-corrected chi connectivity index (χ2v) is 2.68. The molecule has 1 rings (SSSR count). The summed E-state index contributed by atoms with van der Waals surface area (Å²) in [6, 6.07) is 0. The van der Waals surface area contributed by atoms with Gasteiger partial charge in [-0.25, -0.2) is 0 Å². The molecule has 9 heavy (non-hydrogen) atoms. The van der Waals surface area contributed by atoms with Crippen LogP contribution in [0.2, 0.25) is 0 Å². The SMILES string of the molecule is NCC1(CC=O)CNC1. The molecule has 0 saturated carbocycles. The highest BCUT2D eigenvalue weighted by atomic mass is 16.1. The van der Waals surface area contributed by atoms with Gasteiger partial charge in [0.2, 0.25) is 0 Å². The van der Waals surface area contributed by atoms with Crippen LogP contribution in [0.3, 0.4) is 0 Å². The van der Waals surface area contributed by atoms with Crippen molar-refractivity contribution in [3.8, 4) is 0 Å². The Hall–Kier alpha value is -0.410. The summed E-state index contributed by atoms with van der Waals surface area (Å²) in [4.78, 5) is 10.1. The van der Waals surface area contributed by atoms with Gasteiger partial charge in [0.25, 0.3) is 0 Å². The van der Waals surface area contributed by atoms with Gasteiger partial charge in [-0.2, -0.15) is 0 Å². The standard InChI is InChI=1S/C6H12N2O/c7-3-6(1-2-9)4-8-5-6/h2,8H,1,3-5,7H2. The van der Waals surface area contributed by atoms with Crippen molar-refractivity contribution in [1.29, 1.82) is 0 Å². The first-order chi connectivity index (χ1) is 4.33. The Morgan fingerprint density at radius 2 is 2.33 bits per heavy atom. The molecule has 0 atom stereocenters. The number of aldehydes is 1. The van der Waals surface area contributed by atoms with E-state index in [1.165, 1.54) is 0 Å². The van der Waals surface area contributed by atoms with Crippen LogP contribution in [0.1, 0.15) is 6.42 Å². The lowest BCUT2D eigenvalue weighted by Gasteiger charge is -2.40. The second-order valence-electron chi connectivity index (χ2n) is 2.68. The highest BCUT2D eigenvalue weighted by Gasteiger charge is 2.34. The summed E-state index contributed by atoms with van der Waals surface area (Å²) < 4.78 is 0. The minimum Gasteiger partial charge on any atom is -0.330 e. The highest BCUT2D eigenvalue weighted by molar-refractivity contribution is 5.51. The van der Waals surface area contributed by atoms with E-state index in [0.29, 0.717) is 13.0 Å². The molecule has 0 aromatic carbocycles. The van der Waals surface area contributed by atoms with Gasteiger partial charge in [-0.15, -0.1) is 0 Å². The number of carbonyl (C=O) groups excluding carboxylic acids is 1. The molecule has 3 heteroatoms. The maximum atomic E-state index is 10.1. The zero-order chi connectivity index (χ0) is 6.74. The maximum Gasteiger partial charge on any atom is 0.120 e. The number of rotatable bonds is 3. The Morgan fingerprint density at radius 3 is 2.44 bits per heavy atom. The van der Waals surface area contributed by atoms with Crippen molar-refractivity contribution in [2.24, 2.45) is 11.1 Å². The number of hydrogen-bond acceptors (Lipinski definition) is 3. The molecule has 1 saturated heterocycles. The van der Waals surface area contributed by atoms with Crippen molar-refractivity contribution in [2.45, 2.75) is 6.42 Å². The van der Waals surface area contributed by atoms with Crippen LogP contribution in [-0.2, 0) is 4.79 Å². The van der Waals surface area contributed by atoms with Gasteiger partial charge in [-0.3, -0.25) is 0 Å². The van der Waals surface area contributed by atoms with Gasteiger partial charge in [-0.05, 0) is 0 Å². The topological polar surface area (TPSA) is 55.1 Å². The molecule has 0 aromatic heterocycles. The molecule has 1 heterocycles. The monoisotopic (exact) mass is 128 g/mol. The van der Waals surface area contributed by atoms with Crippen LogP contribution in [0.4, 0.5) is 0 Å². The Bertz CT molecular complexity index is 104. The fourth-order valence-electron chi connectivity index (χ4n) is 1.03. The van der Waals surface area contributed by atoms with Gasteiger partial charge < -0.3 is 15.8 Å². The van der Waals surface area contributed by atoms with Crippen molar-refractivity contribution in [3.63, 3.8) is 0 Å². The molecular formula is C6H12N2O. The average Bonchev–Trinajstić information content (AvgIpc) is 1.79. The summed E-state index contributed by atoms with van der Waals surface area (Å²) in [7, 11) is 0. The Kier molecular flexibility index (Phi) is 1.83. The predicted octanol–water partition coefficient (Wildman–Crippen LogP) is -0.876. The lowest BCUT2D eigenvalue weighted by Crippen LogP contribution is -2.57. The van der Waals surface area contributed by atoms with Crippen LogP contribution in [0.5, 0.6) is 0 Å². The molecule has 1 aliphatic rings. The van der Waals surface area contributed by atoms with Crippen LogP contribution in [0, 0.1) is 5.41 Å². The van der Waals surface area contributed by atoms with E-state index in [0.717, 1.165) is 19.4 Å². The summed E-state index contributed by atoms with van der Waals surface area (Å²) in [6.07, 6.45) is 1.56. The molecule has 0 radical (unpaired) electrons. The fraction of sp³-hybridized carbons (Fsp3) is 0.833. The Labute approximate surface area is 54.6 Å². The maximum absolute atomic E-state index is 10.1. The third kappa shape index (κ3) is 1.11. The lowest BCUT2D eigenvalue weighted by atomic mass is 9.79. The minimum atomic E-state index is 0.113. The molecule has 0 spiro atoms. The summed E-state index contributed by atoms with van der Waals surface area (Å²) in [6.45, 7) is 2.43. The molecule has 52 valence electrons. The third-order valence-corrected chi connectivity index (χ3v) is 1.95. The first kappa shape index (κ1) is 6.71. The van der Waals surface area contributed by atoms with Crippen LogP contribution in [0.25, 0.3) is 0 Å². The van der Waals surface area contributed by atoms with Crippen molar-refractivity contribution < 1.29 is 4.79 Å². The van der Waals surface area contributed by atoms with E-state index in [1.54, 1.807) is 0 Å². The first-order valence-electron chi connectivity index (χ1n) is 3.17. The molecule has 0 unspecified atom stereocenters. The van der Waals surface area contributed by atoms with Gasteiger partial charge in [0, 0.05) is 31.5 Å². The van der Waals surface area contributed by atoms with Crippen molar-refractivity contribution >= 4 is 6.29 Å². The van der Waals surface area contributed by atoms with Crippen molar-refractivity contribution in [3.05, 3.63) is 0 Å². The van der Waals surface area contributed by atoms with Crippen LogP contribution in [0.15, 0.2) is 0 Å². The van der Waals surface area contributed by atoms with E-state index in [-0.39, 0.29) is 5.41 Å². The number of carbonyl (C=O) groups is 1. The largest absolute Gasteiger partial charge is 0.330 e. The van der Waals surface area contributed by atoms with Crippen LogP contribution in [-0.4, -0.2) is 25.9 Å². The first-order valence-corrected chi connectivity index (χ1v) is 3.17. The Balaban J connectivity index is 2.36. The van der Waals surface area contributed by atoms with E-state index in [2.05, 4.69) is 5.32 Å². The highest BCUT2D eigenvalue weighted by Crippen LogP contribution is 2.23. The number of nitrogens with two attached hydrogens (primary N) is 1. The molecular weight excluding hydrogens is 116 g/mol. The van der Waals surface area contributed by atoms with Gasteiger partial charge in [0.05, 0.1) is 0 Å². The van der Waals surface area contributed by atoms with Gasteiger partial charge >= 0.3 is 0 Å². The van der Waals surface area contributed by atoms with E-state index < -0.39 is 0 Å². The van der Waals surface area contributed by atoms with E-state index >= 15 is 0 Å². The molecule has 0 bridgehead atoms. The molecule has 1 aliphatic heterocycles. The van der Waals surface area contributed by atoms with Gasteiger partial charge in [0.15, 0.2) is 0 Å². The molecule has 3 nitrogen and oxygen atoms in total. The fourth-order valence-corrected chi connectivity index (χ4v) is 1.03. The molecule has 3 N–H and O–H groups in total. The number of nitrogens with one attached hydrogen (secondary N) is 1. The molecule has 1 fully saturated rings. The van der Waals surface area contributed by atoms with Crippen molar-refractivity contribution in [1.82, 2.24) is 5.32 Å². The van der Waals surface area contributed by atoms with Gasteiger partial charge in [-0.1, -0.05) is 0 Å². The molecule has 0 aromatic rings. The summed E-state index contributed by atoms with van der Waals surface area (Å²) >= 11 is 0. The van der Waals surface area contributed by atoms with E-state index in [9.17, 15) is 4.79 Å². The summed E-state index contributed by atoms with van der Waals surface area (Å²) in [5.41, 5.74) is 5.57. The predicted molar refractivity (Wildman–Crippen MR) is 35.0 cm³/mol. The van der Waals surface area contributed by atoms with Crippen LogP contribution >= 0.6 is 0 Å². The third-order valence-electron chi connectivity index (χ3n) is 1.95. The zero-order valence-electron chi connectivity index (χ0n) is 5.39. The normalized spacial score (nSPS) is 22.8. The average molecular weight is 128 g/mol. The van der Waals surface area contributed by atoms with E-state index in [4.69, 9.17) is 5.73 Å². The molecule has 0 amide bonds. The molecule has 0 aliphatic carbocycles. The summed E-state index contributed by atoms with van der Waals surface area (Å²) in [5.74, 6) is 0. The number of hydrogen-bond donors (Lipinski definition) is 2. The zero-order valence-corrected chi connectivity index (χ0v) is 5.39. The smallest absolute Gasteiger partial charge is 0.120 e. The van der Waals surface area contributed by atoms with Crippen LogP contribution < -0.4 is 11.1 Å². The Morgan fingerprint density at radius 1 is 1.67 bits per heavy atom. The van der Waals surface area contributed by atoms with Gasteiger partial charge in [0.1, 0.15) is 6.29 Å².